The minimum atomic E-state index is 0.407. The normalized spacial score (nSPS) is 19.1. The Morgan fingerprint density at radius 1 is 1.45 bits per heavy atom. The average molecular weight is 275 g/mol. The molecule has 0 saturated carbocycles. The lowest BCUT2D eigenvalue weighted by molar-refractivity contribution is 0.193. The molecular formula is C14H21N5O. The van der Waals surface area contributed by atoms with Crippen molar-refractivity contribution in [2.45, 2.75) is 39.3 Å². The maximum absolute atomic E-state index is 5.40. The number of ether oxygens (including phenoxy) is 1. The predicted octanol–water partition coefficient (Wildman–Crippen LogP) is 1.68. The standard InChI is InChI=1S/C14H21N5O/c1-11(2)6-18-10-15-5-13(18)7-19-8-14(16-17-19)12-3-4-20-9-12/h5,8,10-12H,3-4,6-7,9H2,1-2H3/t12-/m0/s1. The van der Waals surface area contributed by atoms with Crippen LogP contribution in [-0.4, -0.2) is 37.8 Å². The molecule has 3 heterocycles. The number of aromatic nitrogens is 5. The fraction of sp³-hybridized carbons (Fsp3) is 0.643. The van der Waals surface area contributed by atoms with Crippen molar-refractivity contribution in [3.63, 3.8) is 0 Å². The van der Waals surface area contributed by atoms with Gasteiger partial charge in [-0.15, -0.1) is 5.10 Å². The van der Waals surface area contributed by atoms with Gasteiger partial charge >= 0.3 is 0 Å². The molecule has 1 aliphatic heterocycles. The molecule has 0 unspecified atom stereocenters. The third-order valence-electron chi connectivity index (χ3n) is 3.59. The highest BCUT2D eigenvalue weighted by Gasteiger charge is 2.20. The molecule has 6 nitrogen and oxygen atoms in total. The Hall–Kier alpha value is -1.69. The number of imidazole rings is 1. The zero-order valence-electron chi connectivity index (χ0n) is 12.1. The van der Waals surface area contributed by atoms with Gasteiger partial charge in [0.15, 0.2) is 0 Å². The van der Waals surface area contributed by atoms with E-state index in [2.05, 4.69) is 33.7 Å². The minimum Gasteiger partial charge on any atom is -0.381 e. The van der Waals surface area contributed by atoms with Crippen LogP contribution in [0.15, 0.2) is 18.7 Å². The van der Waals surface area contributed by atoms with Gasteiger partial charge in [0.2, 0.25) is 0 Å². The molecule has 0 aromatic carbocycles. The first-order chi connectivity index (χ1) is 9.72. The first-order valence-corrected chi connectivity index (χ1v) is 7.19. The zero-order valence-corrected chi connectivity index (χ0v) is 12.1. The van der Waals surface area contributed by atoms with Crippen molar-refractivity contribution in [1.29, 1.82) is 0 Å². The van der Waals surface area contributed by atoms with E-state index in [-0.39, 0.29) is 0 Å². The van der Waals surface area contributed by atoms with Crippen molar-refractivity contribution in [3.05, 3.63) is 30.1 Å². The second kappa shape index (κ2) is 5.75. The Morgan fingerprint density at radius 2 is 2.35 bits per heavy atom. The van der Waals surface area contributed by atoms with Crippen molar-refractivity contribution in [2.75, 3.05) is 13.2 Å². The van der Waals surface area contributed by atoms with E-state index in [0.29, 0.717) is 18.4 Å². The van der Waals surface area contributed by atoms with E-state index in [4.69, 9.17) is 4.74 Å². The van der Waals surface area contributed by atoms with Crippen LogP contribution in [0.1, 0.15) is 37.6 Å². The van der Waals surface area contributed by atoms with Gasteiger partial charge in [0.25, 0.3) is 0 Å². The van der Waals surface area contributed by atoms with Crippen LogP contribution >= 0.6 is 0 Å². The molecule has 0 bridgehead atoms. The van der Waals surface area contributed by atoms with Crippen molar-refractivity contribution in [3.8, 4) is 0 Å². The summed E-state index contributed by atoms with van der Waals surface area (Å²) < 4.78 is 9.47. The molecule has 0 radical (unpaired) electrons. The molecule has 2 aromatic rings. The van der Waals surface area contributed by atoms with Crippen LogP contribution in [0.25, 0.3) is 0 Å². The fourth-order valence-corrected chi connectivity index (χ4v) is 2.55. The summed E-state index contributed by atoms with van der Waals surface area (Å²) in [6.07, 6.45) is 6.87. The summed E-state index contributed by atoms with van der Waals surface area (Å²) in [5.74, 6) is 1.01. The van der Waals surface area contributed by atoms with Gasteiger partial charge in [-0.05, 0) is 12.3 Å². The van der Waals surface area contributed by atoms with Crippen LogP contribution in [0, 0.1) is 5.92 Å². The highest BCUT2D eigenvalue weighted by atomic mass is 16.5. The Balaban J connectivity index is 1.70. The van der Waals surface area contributed by atoms with Gasteiger partial charge < -0.3 is 9.30 Å². The van der Waals surface area contributed by atoms with Crippen LogP contribution in [0.4, 0.5) is 0 Å². The monoisotopic (exact) mass is 275 g/mol. The van der Waals surface area contributed by atoms with Crippen LogP contribution in [0.5, 0.6) is 0 Å². The third-order valence-corrected chi connectivity index (χ3v) is 3.59. The highest BCUT2D eigenvalue weighted by molar-refractivity contribution is 5.06. The molecule has 1 saturated heterocycles. The summed E-state index contributed by atoms with van der Waals surface area (Å²) in [5, 5.41) is 8.50. The van der Waals surface area contributed by atoms with Crippen LogP contribution in [0.2, 0.25) is 0 Å². The summed E-state index contributed by atoms with van der Waals surface area (Å²) in [4.78, 5) is 4.24. The van der Waals surface area contributed by atoms with E-state index >= 15 is 0 Å². The van der Waals surface area contributed by atoms with Crippen molar-refractivity contribution in [1.82, 2.24) is 24.5 Å². The molecule has 0 amide bonds. The topological polar surface area (TPSA) is 57.8 Å². The molecular weight excluding hydrogens is 254 g/mol. The Morgan fingerprint density at radius 3 is 3.10 bits per heavy atom. The summed E-state index contributed by atoms with van der Waals surface area (Å²) in [6, 6.07) is 0. The Kier molecular flexibility index (Phi) is 3.82. The smallest absolute Gasteiger partial charge is 0.0948 e. The molecule has 1 fully saturated rings. The molecule has 20 heavy (non-hydrogen) atoms. The second-order valence-corrected chi connectivity index (χ2v) is 5.83. The van der Waals surface area contributed by atoms with Crippen molar-refractivity contribution < 1.29 is 4.74 Å². The van der Waals surface area contributed by atoms with E-state index in [0.717, 1.165) is 37.6 Å². The third kappa shape index (κ3) is 2.90. The van der Waals surface area contributed by atoms with Crippen molar-refractivity contribution >= 4 is 0 Å². The largest absolute Gasteiger partial charge is 0.381 e. The van der Waals surface area contributed by atoms with E-state index in [1.54, 1.807) is 0 Å². The molecule has 0 N–H and O–H groups in total. The Labute approximate surface area is 118 Å². The quantitative estimate of drug-likeness (QED) is 0.833. The summed E-state index contributed by atoms with van der Waals surface area (Å²) in [6.45, 7) is 7.71. The molecule has 0 aliphatic carbocycles. The molecule has 1 atom stereocenters. The summed E-state index contributed by atoms with van der Waals surface area (Å²) in [7, 11) is 0. The van der Waals surface area contributed by atoms with Crippen molar-refractivity contribution in [2.24, 2.45) is 5.92 Å². The molecule has 3 rings (SSSR count). The van der Waals surface area contributed by atoms with Gasteiger partial charge in [0.1, 0.15) is 0 Å². The van der Waals surface area contributed by atoms with E-state index in [1.165, 1.54) is 0 Å². The molecule has 6 heteroatoms. The van der Waals surface area contributed by atoms with Gasteiger partial charge in [0.05, 0.1) is 37.1 Å². The van der Waals surface area contributed by atoms with E-state index in [1.807, 2.05) is 23.4 Å². The van der Waals surface area contributed by atoms with Gasteiger partial charge in [-0.25, -0.2) is 9.67 Å². The van der Waals surface area contributed by atoms with Crippen LogP contribution < -0.4 is 0 Å². The average Bonchev–Trinajstić information content (AvgIpc) is 3.11. The number of nitrogens with zero attached hydrogens (tertiary/aromatic N) is 5. The molecule has 108 valence electrons. The molecule has 2 aromatic heterocycles. The van der Waals surface area contributed by atoms with Crippen LogP contribution in [0.3, 0.4) is 0 Å². The lowest BCUT2D eigenvalue weighted by atomic mass is 10.1. The lowest BCUT2D eigenvalue weighted by Crippen LogP contribution is -2.10. The highest BCUT2D eigenvalue weighted by Crippen LogP contribution is 2.22. The number of rotatable bonds is 5. The van der Waals surface area contributed by atoms with E-state index in [9.17, 15) is 0 Å². The van der Waals surface area contributed by atoms with Crippen LogP contribution in [-0.2, 0) is 17.8 Å². The van der Waals surface area contributed by atoms with E-state index < -0.39 is 0 Å². The first-order valence-electron chi connectivity index (χ1n) is 7.19. The van der Waals surface area contributed by atoms with Gasteiger partial charge in [-0.3, -0.25) is 0 Å². The predicted molar refractivity (Wildman–Crippen MR) is 74.4 cm³/mol. The Bertz CT molecular complexity index is 553. The lowest BCUT2D eigenvalue weighted by Gasteiger charge is -2.10. The van der Waals surface area contributed by atoms with Gasteiger partial charge in [-0.2, -0.15) is 0 Å². The second-order valence-electron chi connectivity index (χ2n) is 5.83. The SMILES string of the molecule is CC(C)Cn1cncc1Cn1cc([C@H]2CCOC2)nn1. The molecule has 1 aliphatic rings. The molecule has 0 spiro atoms. The maximum atomic E-state index is 5.40. The first kappa shape index (κ1) is 13.3. The van der Waals surface area contributed by atoms with Gasteiger partial charge in [0, 0.05) is 25.3 Å². The maximum Gasteiger partial charge on any atom is 0.0948 e. The van der Waals surface area contributed by atoms with Gasteiger partial charge in [-0.1, -0.05) is 19.1 Å². The minimum absolute atomic E-state index is 0.407. The summed E-state index contributed by atoms with van der Waals surface area (Å²) in [5.41, 5.74) is 2.20. The zero-order chi connectivity index (χ0) is 13.9. The fourth-order valence-electron chi connectivity index (χ4n) is 2.55. The number of hydrogen-bond acceptors (Lipinski definition) is 4. The number of hydrogen-bond donors (Lipinski definition) is 0. The summed E-state index contributed by atoms with van der Waals surface area (Å²) >= 11 is 0.